The Morgan fingerprint density at radius 3 is 2.50 bits per heavy atom. The van der Waals surface area contributed by atoms with Crippen molar-refractivity contribution in [1.29, 1.82) is 0 Å². The van der Waals surface area contributed by atoms with Gasteiger partial charge < -0.3 is 19.9 Å². The fourth-order valence-corrected chi connectivity index (χ4v) is 4.42. The number of hydrogen-bond donors (Lipinski definition) is 2. The molecule has 2 amide bonds. The fourth-order valence-electron chi connectivity index (χ4n) is 2.99. The molecule has 1 aromatic carbocycles. The van der Waals surface area contributed by atoms with Gasteiger partial charge in [0.15, 0.2) is 5.92 Å². The van der Waals surface area contributed by atoms with Crippen LogP contribution in [0.15, 0.2) is 42.1 Å². The van der Waals surface area contributed by atoms with E-state index in [9.17, 15) is 29.1 Å². The summed E-state index contributed by atoms with van der Waals surface area (Å²) in [6.07, 6.45) is 1.35. The number of esters is 2. The lowest BCUT2D eigenvalue weighted by Gasteiger charge is -2.48. The molecule has 30 heavy (non-hydrogen) atoms. The molecule has 0 spiro atoms. The minimum Gasteiger partial charge on any atom is -0.477 e. The van der Waals surface area contributed by atoms with Crippen LogP contribution in [0.4, 0.5) is 0 Å². The molecule has 0 radical (unpaired) electrons. The van der Waals surface area contributed by atoms with Crippen LogP contribution in [-0.2, 0) is 39.9 Å². The van der Waals surface area contributed by atoms with Gasteiger partial charge in [-0.15, -0.1) is 11.8 Å². The van der Waals surface area contributed by atoms with Gasteiger partial charge in [0, 0.05) is 6.92 Å². The molecule has 2 aliphatic heterocycles. The van der Waals surface area contributed by atoms with Gasteiger partial charge in [-0.25, -0.2) is 4.79 Å². The van der Waals surface area contributed by atoms with E-state index >= 15 is 0 Å². The number of rotatable bonds is 7. The summed E-state index contributed by atoms with van der Waals surface area (Å²) in [5.74, 6) is -5.29. The zero-order valence-corrected chi connectivity index (χ0v) is 16.6. The van der Waals surface area contributed by atoms with E-state index in [0.717, 1.165) is 29.1 Å². The summed E-state index contributed by atoms with van der Waals surface area (Å²) < 4.78 is 9.29. The second kappa shape index (κ2) is 8.99. The molecule has 11 heteroatoms. The van der Waals surface area contributed by atoms with Crippen molar-refractivity contribution >= 4 is 41.5 Å². The summed E-state index contributed by atoms with van der Waals surface area (Å²) in [6, 6.07) is 8.99. The number of carboxylic acids is 1. The number of nitrogens with one attached hydrogen (secondary N) is 1. The summed E-state index contributed by atoms with van der Waals surface area (Å²) in [5, 5.41) is 10.5. The molecule has 10 nitrogen and oxygen atoms in total. The van der Waals surface area contributed by atoms with Crippen LogP contribution >= 0.6 is 11.8 Å². The Bertz CT molecular complexity index is 916. The van der Waals surface area contributed by atoms with E-state index in [4.69, 9.17) is 4.74 Å². The topological polar surface area (TPSA) is 139 Å². The predicted octanol–water partition coefficient (Wildman–Crippen LogP) is 0.235. The Kier molecular flexibility index (Phi) is 6.40. The Labute approximate surface area is 175 Å². The monoisotopic (exact) mass is 434 g/mol. The van der Waals surface area contributed by atoms with Crippen LogP contribution in [0.25, 0.3) is 0 Å². The minimum atomic E-state index is -1.36. The smallest absolute Gasteiger partial charge is 0.352 e. The van der Waals surface area contributed by atoms with Crippen molar-refractivity contribution in [2.45, 2.75) is 24.1 Å². The normalized spacial score (nSPS) is 22.2. The van der Waals surface area contributed by atoms with Gasteiger partial charge in [-0.3, -0.25) is 24.1 Å². The fraction of sp³-hybridized carbons (Fsp3) is 0.316. The maximum Gasteiger partial charge on any atom is 0.352 e. The number of aliphatic carboxylic acids is 1. The van der Waals surface area contributed by atoms with Crippen LogP contribution in [0.2, 0.25) is 0 Å². The number of ether oxygens (including phenoxy) is 2. The lowest BCUT2D eigenvalue weighted by Crippen LogP contribution is -2.65. The Balaban J connectivity index is 1.68. The van der Waals surface area contributed by atoms with E-state index in [1.54, 1.807) is 24.3 Å². The summed E-state index contributed by atoms with van der Waals surface area (Å²) in [4.78, 5) is 60.2. The van der Waals surface area contributed by atoms with Gasteiger partial charge in [0.25, 0.3) is 0 Å². The molecule has 0 saturated carbocycles. The van der Waals surface area contributed by atoms with E-state index in [0.29, 0.717) is 0 Å². The van der Waals surface area contributed by atoms with Gasteiger partial charge in [0.05, 0.1) is 11.8 Å². The van der Waals surface area contributed by atoms with E-state index in [1.165, 1.54) is 6.08 Å². The molecule has 2 heterocycles. The van der Waals surface area contributed by atoms with Crippen molar-refractivity contribution in [3.8, 4) is 0 Å². The maximum atomic E-state index is 12.3. The first kappa shape index (κ1) is 21.4. The Hall–Kier alpha value is -3.34. The third-order valence-electron chi connectivity index (χ3n) is 4.35. The van der Waals surface area contributed by atoms with Crippen molar-refractivity contribution in [2.24, 2.45) is 5.92 Å². The number of hydrogen-bond acceptors (Lipinski definition) is 8. The summed E-state index contributed by atoms with van der Waals surface area (Å²) >= 11 is 1.05. The van der Waals surface area contributed by atoms with Gasteiger partial charge >= 0.3 is 17.9 Å². The third-order valence-corrected chi connectivity index (χ3v) is 5.65. The van der Waals surface area contributed by atoms with Crippen molar-refractivity contribution in [3.05, 3.63) is 47.7 Å². The van der Waals surface area contributed by atoms with Crippen molar-refractivity contribution in [3.63, 3.8) is 0 Å². The number of β-lactam (4-membered cyclic amide) rings is 1. The first-order chi connectivity index (χ1) is 14.3. The molecular weight excluding hydrogens is 416 g/mol. The molecule has 3 atom stereocenters. The number of carbonyl (C=O) groups is 5. The van der Waals surface area contributed by atoms with Gasteiger partial charge in [-0.2, -0.15) is 0 Å². The Morgan fingerprint density at radius 2 is 1.87 bits per heavy atom. The van der Waals surface area contributed by atoms with E-state index in [1.807, 2.05) is 6.07 Å². The van der Waals surface area contributed by atoms with Gasteiger partial charge in [-0.1, -0.05) is 30.3 Å². The van der Waals surface area contributed by atoms with Crippen LogP contribution in [0.3, 0.4) is 0 Å². The number of fused-ring (bicyclic) bond motifs is 1. The summed E-state index contributed by atoms with van der Waals surface area (Å²) in [7, 11) is 0. The molecule has 1 fully saturated rings. The van der Waals surface area contributed by atoms with Crippen molar-refractivity contribution < 1.29 is 38.6 Å². The second-order valence-corrected chi connectivity index (χ2v) is 7.70. The molecule has 3 rings (SSSR count). The van der Waals surface area contributed by atoms with E-state index in [2.05, 4.69) is 10.1 Å². The number of amides is 2. The molecule has 0 aromatic heterocycles. The van der Waals surface area contributed by atoms with Crippen LogP contribution < -0.4 is 5.32 Å². The van der Waals surface area contributed by atoms with Crippen LogP contribution in [-0.4, -0.2) is 57.3 Å². The molecule has 0 aliphatic carbocycles. The second-order valence-electron chi connectivity index (χ2n) is 6.44. The maximum absolute atomic E-state index is 12.3. The first-order valence-electron chi connectivity index (χ1n) is 8.85. The molecule has 2 aliphatic rings. The molecule has 1 aromatic rings. The third kappa shape index (κ3) is 4.62. The zero-order chi connectivity index (χ0) is 21.8. The summed E-state index contributed by atoms with van der Waals surface area (Å²) in [5.41, 5.74) is 0.461. The van der Waals surface area contributed by atoms with Gasteiger partial charge in [0.1, 0.15) is 11.1 Å². The molecule has 1 saturated heterocycles. The molecular formula is C19H18N2O8S. The highest BCUT2D eigenvalue weighted by Crippen LogP contribution is 2.44. The molecule has 2 unspecified atom stereocenters. The zero-order valence-electron chi connectivity index (χ0n) is 15.8. The van der Waals surface area contributed by atoms with E-state index in [-0.39, 0.29) is 18.0 Å². The highest BCUT2D eigenvalue weighted by Gasteiger charge is 2.58. The summed E-state index contributed by atoms with van der Waals surface area (Å²) in [6.45, 7) is 0.488. The predicted molar refractivity (Wildman–Crippen MR) is 102 cm³/mol. The first-order valence-corrected chi connectivity index (χ1v) is 9.79. The standard InChI is InChI=1S/C19H18N2O8S/c1-10(22)28-9-29-19(27)15-16(24)21-12(18(25)26)8-14(30-17(15)21)20-13(23)7-11-5-3-2-4-6-11/h2-6,8,14-15,17H,7,9H2,1H3,(H,20,23)(H,25,26)/t14?,15?,17-/m1/s1. The average Bonchev–Trinajstić information content (AvgIpc) is 2.67. The number of carboxylic acid groups (broad SMARTS) is 1. The highest BCUT2D eigenvalue weighted by molar-refractivity contribution is 8.00. The van der Waals surface area contributed by atoms with Gasteiger partial charge in [-0.05, 0) is 11.6 Å². The number of carbonyl (C=O) groups excluding carboxylic acids is 4. The van der Waals surface area contributed by atoms with Gasteiger partial charge in [0.2, 0.25) is 18.6 Å². The van der Waals surface area contributed by atoms with Crippen molar-refractivity contribution in [2.75, 3.05) is 6.79 Å². The lowest BCUT2D eigenvalue weighted by atomic mass is 9.96. The number of benzene rings is 1. The SMILES string of the molecule is CC(=O)OCOC(=O)C1C(=O)N2C(C(=O)O)=CC(NC(=O)Cc3ccccc3)S[C@H]12. The molecule has 2 N–H and O–H groups in total. The highest BCUT2D eigenvalue weighted by atomic mass is 32.2. The largest absolute Gasteiger partial charge is 0.477 e. The van der Waals surface area contributed by atoms with E-state index < -0.39 is 47.3 Å². The Morgan fingerprint density at radius 1 is 1.17 bits per heavy atom. The molecule has 158 valence electrons. The quantitative estimate of drug-likeness (QED) is 0.267. The minimum absolute atomic E-state index is 0.0926. The van der Waals surface area contributed by atoms with Crippen molar-refractivity contribution in [1.82, 2.24) is 10.2 Å². The molecule has 0 bridgehead atoms. The van der Waals surface area contributed by atoms with Crippen LogP contribution in [0, 0.1) is 5.92 Å². The van der Waals surface area contributed by atoms with Crippen LogP contribution in [0.5, 0.6) is 0 Å². The number of thioether (sulfide) groups is 1. The van der Waals surface area contributed by atoms with Crippen LogP contribution in [0.1, 0.15) is 12.5 Å². The lowest BCUT2D eigenvalue weighted by molar-refractivity contribution is -0.178. The number of nitrogens with zero attached hydrogens (tertiary/aromatic N) is 1. The average molecular weight is 434 g/mol.